The minimum atomic E-state index is 0.850. The molecule has 0 amide bonds. The number of rotatable bonds is 4. The average molecular weight is 148 g/mol. The summed E-state index contributed by atoms with van der Waals surface area (Å²) in [5.41, 5.74) is 2.35. The summed E-state index contributed by atoms with van der Waals surface area (Å²) in [4.78, 5) is 0. The maximum Gasteiger partial charge on any atom is 0.0525 e. The van der Waals surface area contributed by atoms with E-state index >= 15 is 0 Å². The second kappa shape index (κ2) is 3.76. The van der Waals surface area contributed by atoms with Gasteiger partial charge in [-0.05, 0) is 12.0 Å². The number of nitrogens with one attached hydrogen (secondary N) is 1. The van der Waals surface area contributed by atoms with Crippen molar-refractivity contribution in [1.29, 1.82) is 0 Å². The van der Waals surface area contributed by atoms with E-state index in [0.717, 1.165) is 18.5 Å². The molecule has 58 valence electrons. The highest BCUT2D eigenvalue weighted by Gasteiger charge is 1.99. The minimum Gasteiger partial charge on any atom is -0.282 e. The summed E-state index contributed by atoms with van der Waals surface area (Å²) in [6.07, 6.45) is 7.29. The van der Waals surface area contributed by atoms with Crippen LogP contribution in [-0.2, 0) is 12.8 Å². The van der Waals surface area contributed by atoms with Gasteiger partial charge in [-0.15, -0.1) is 13.2 Å². The lowest BCUT2D eigenvalue weighted by Crippen LogP contribution is -1.87. The maximum absolute atomic E-state index is 3.94. The molecule has 0 aliphatic carbocycles. The van der Waals surface area contributed by atoms with Crippen LogP contribution in [0.4, 0.5) is 0 Å². The summed E-state index contributed by atoms with van der Waals surface area (Å²) in [5.74, 6) is 0. The molecular weight excluding hydrogens is 136 g/mol. The molecule has 0 aliphatic heterocycles. The Labute approximate surface area is 66.6 Å². The zero-order valence-electron chi connectivity index (χ0n) is 6.51. The van der Waals surface area contributed by atoms with E-state index in [-0.39, 0.29) is 0 Å². The topological polar surface area (TPSA) is 28.7 Å². The van der Waals surface area contributed by atoms with Crippen molar-refractivity contribution >= 4 is 0 Å². The number of nitrogens with zero attached hydrogens (tertiary/aromatic N) is 1. The summed E-state index contributed by atoms with van der Waals surface area (Å²) in [6, 6.07) is 0. The first-order chi connectivity index (χ1) is 5.38. The van der Waals surface area contributed by atoms with Crippen LogP contribution in [0.2, 0.25) is 0 Å². The number of allylic oxidation sites excluding steroid dienone is 2. The monoisotopic (exact) mass is 148 g/mol. The third-order valence-corrected chi connectivity index (χ3v) is 1.52. The first-order valence-electron chi connectivity index (χ1n) is 3.61. The van der Waals surface area contributed by atoms with Gasteiger partial charge in [-0.3, -0.25) is 5.10 Å². The van der Waals surface area contributed by atoms with Crippen LogP contribution in [-0.4, -0.2) is 10.2 Å². The molecule has 1 aromatic rings. The van der Waals surface area contributed by atoms with Crippen molar-refractivity contribution in [3.63, 3.8) is 0 Å². The van der Waals surface area contributed by atoms with Gasteiger partial charge in [-0.25, -0.2) is 0 Å². The van der Waals surface area contributed by atoms with Gasteiger partial charge < -0.3 is 0 Å². The van der Waals surface area contributed by atoms with E-state index < -0.39 is 0 Å². The normalized spacial score (nSPS) is 9.45. The van der Waals surface area contributed by atoms with Crippen LogP contribution in [0.1, 0.15) is 11.3 Å². The van der Waals surface area contributed by atoms with Gasteiger partial charge in [-0.2, -0.15) is 5.10 Å². The van der Waals surface area contributed by atoms with Crippen molar-refractivity contribution in [2.24, 2.45) is 0 Å². The van der Waals surface area contributed by atoms with E-state index in [9.17, 15) is 0 Å². The Balaban J connectivity index is 2.76. The van der Waals surface area contributed by atoms with Gasteiger partial charge in [0.15, 0.2) is 0 Å². The van der Waals surface area contributed by atoms with Crippen LogP contribution in [0.5, 0.6) is 0 Å². The zero-order chi connectivity index (χ0) is 8.10. The molecule has 0 bridgehead atoms. The Morgan fingerprint density at radius 3 is 2.73 bits per heavy atom. The Hall–Kier alpha value is -1.31. The molecule has 1 rings (SSSR count). The highest BCUT2D eigenvalue weighted by molar-refractivity contribution is 5.20. The molecule has 0 saturated carbocycles. The first kappa shape index (κ1) is 7.79. The van der Waals surface area contributed by atoms with Crippen molar-refractivity contribution in [1.82, 2.24) is 10.2 Å². The van der Waals surface area contributed by atoms with E-state index in [1.165, 1.54) is 5.56 Å². The molecular formula is C9H12N2. The Morgan fingerprint density at radius 2 is 2.09 bits per heavy atom. The summed E-state index contributed by atoms with van der Waals surface area (Å²) in [7, 11) is 0. The molecule has 2 nitrogen and oxygen atoms in total. The third kappa shape index (κ3) is 1.80. The first-order valence-corrected chi connectivity index (χ1v) is 3.61. The van der Waals surface area contributed by atoms with Crippen molar-refractivity contribution in [3.05, 3.63) is 42.8 Å². The van der Waals surface area contributed by atoms with Crippen LogP contribution in [0, 0.1) is 0 Å². The van der Waals surface area contributed by atoms with Crippen molar-refractivity contribution < 1.29 is 0 Å². The SMILES string of the molecule is C=CCc1cn[nH]c1CC=C. The molecule has 2 heteroatoms. The van der Waals surface area contributed by atoms with Gasteiger partial charge in [-0.1, -0.05) is 12.2 Å². The average Bonchev–Trinajstić information content (AvgIpc) is 2.39. The van der Waals surface area contributed by atoms with Gasteiger partial charge in [0.05, 0.1) is 6.20 Å². The summed E-state index contributed by atoms with van der Waals surface area (Å²) < 4.78 is 0. The van der Waals surface area contributed by atoms with Gasteiger partial charge >= 0.3 is 0 Å². The number of hydrogen-bond acceptors (Lipinski definition) is 1. The standard InChI is InChI=1S/C9H12N2/c1-3-5-8-7-10-11-9(8)6-4-2/h3-4,7H,1-2,5-6H2,(H,10,11). The maximum atomic E-state index is 3.94. The third-order valence-electron chi connectivity index (χ3n) is 1.52. The molecule has 0 radical (unpaired) electrons. The van der Waals surface area contributed by atoms with E-state index in [0.29, 0.717) is 0 Å². The second-order valence-corrected chi connectivity index (χ2v) is 2.36. The summed E-state index contributed by atoms with van der Waals surface area (Å²) in [5, 5.41) is 6.86. The molecule has 0 saturated heterocycles. The number of aromatic amines is 1. The fourth-order valence-corrected chi connectivity index (χ4v) is 0.990. The molecule has 0 fully saturated rings. The van der Waals surface area contributed by atoms with Crippen molar-refractivity contribution in [2.75, 3.05) is 0 Å². The smallest absolute Gasteiger partial charge is 0.0525 e. The quantitative estimate of drug-likeness (QED) is 0.649. The molecule has 1 aromatic heterocycles. The minimum absolute atomic E-state index is 0.850. The fraction of sp³-hybridized carbons (Fsp3) is 0.222. The number of H-pyrrole nitrogens is 1. The van der Waals surface area contributed by atoms with Gasteiger partial charge in [0.25, 0.3) is 0 Å². The van der Waals surface area contributed by atoms with E-state index in [1.807, 2.05) is 18.3 Å². The lowest BCUT2D eigenvalue weighted by Gasteiger charge is -1.94. The predicted molar refractivity (Wildman–Crippen MR) is 46.4 cm³/mol. The molecule has 0 aliphatic rings. The lowest BCUT2D eigenvalue weighted by molar-refractivity contribution is 1.00. The van der Waals surface area contributed by atoms with Crippen LogP contribution < -0.4 is 0 Å². The molecule has 11 heavy (non-hydrogen) atoms. The molecule has 0 aromatic carbocycles. The van der Waals surface area contributed by atoms with Gasteiger partial charge in [0.1, 0.15) is 0 Å². The van der Waals surface area contributed by atoms with Crippen LogP contribution in [0.3, 0.4) is 0 Å². The summed E-state index contributed by atoms with van der Waals surface area (Å²) >= 11 is 0. The van der Waals surface area contributed by atoms with Crippen LogP contribution in [0.15, 0.2) is 31.5 Å². The molecule has 1 heterocycles. The van der Waals surface area contributed by atoms with Gasteiger partial charge in [0.2, 0.25) is 0 Å². The number of hydrogen-bond donors (Lipinski definition) is 1. The Morgan fingerprint density at radius 1 is 1.36 bits per heavy atom. The number of aromatic nitrogens is 2. The summed E-state index contributed by atoms with van der Waals surface area (Å²) in [6.45, 7) is 7.33. The van der Waals surface area contributed by atoms with E-state index in [4.69, 9.17) is 0 Å². The predicted octanol–water partition coefficient (Wildman–Crippen LogP) is 1.87. The Bertz CT molecular complexity index is 223. The van der Waals surface area contributed by atoms with Crippen LogP contribution in [0.25, 0.3) is 0 Å². The lowest BCUT2D eigenvalue weighted by atomic mass is 10.1. The molecule has 0 unspecified atom stereocenters. The molecule has 0 spiro atoms. The van der Waals surface area contributed by atoms with Crippen molar-refractivity contribution in [3.8, 4) is 0 Å². The van der Waals surface area contributed by atoms with E-state index in [1.54, 1.807) is 0 Å². The largest absolute Gasteiger partial charge is 0.282 e. The van der Waals surface area contributed by atoms with Crippen molar-refractivity contribution in [2.45, 2.75) is 12.8 Å². The fourth-order valence-electron chi connectivity index (χ4n) is 0.990. The molecule has 1 N–H and O–H groups in total. The Kier molecular flexibility index (Phi) is 2.66. The highest BCUT2D eigenvalue weighted by atomic mass is 15.1. The second-order valence-electron chi connectivity index (χ2n) is 2.36. The van der Waals surface area contributed by atoms with Gasteiger partial charge in [0, 0.05) is 12.1 Å². The molecule has 0 atom stereocenters. The zero-order valence-corrected chi connectivity index (χ0v) is 6.51. The van der Waals surface area contributed by atoms with Crippen LogP contribution >= 0.6 is 0 Å². The highest BCUT2D eigenvalue weighted by Crippen LogP contribution is 2.06. The van der Waals surface area contributed by atoms with E-state index in [2.05, 4.69) is 23.4 Å².